The fourth-order valence-corrected chi connectivity index (χ4v) is 6.34. The molecule has 2 bridgehead atoms. The van der Waals surface area contributed by atoms with E-state index in [1.807, 2.05) is 24.3 Å². The highest BCUT2D eigenvalue weighted by Crippen LogP contribution is 2.47. The molecule has 2 saturated carbocycles. The van der Waals surface area contributed by atoms with E-state index in [0.717, 1.165) is 47.9 Å². The zero-order valence-electron chi connectivity index (χ0n) is 18.9. The highest BCUT2D eigenvalue weighted by Gasteiger charge is 2.58. The van der Waals surface area contributed by atoms with Crippen LogP contribution in [0.5, 0.6) is 0 Å². The van der Waals surface area contributed by atoms with Gasteiger partial charge in [0.2, 0.25) is 5.91 Å². The van der Waals surface area contributed by atoms with Crippen molar-refractivity contribution in [2.45, 2.75) is 43.7 Å². The molecule has 2 amide bonds. The summed E-state index contributed by atoms with van der Waals surface area (Å²) in [5.74, 6) is -1.40. The van der Waals surface area contributed by atoms with E-state index in [9.17, 15) is 19.5 Å². The first kappa shape index (κ1) is 21.2. The number of carbonyl (C=O) groups excluding carboxylic acids is 2. The highest BCUT2D eigenvalue weighted by molar-refractivity contribution is 5.88. The zero-order valence-corrected chi connectivity index (χ0v) is 18.9. The molecule has 7 heteroatoms. The van der Waals surface area contributed by atoms with Crippen molar-refractivity contribution in [1.82, 2.24) is 10.2 Å². The number of nitrogens with one attached hydrogen (secondary N) is 1. The third kappa shape index (κ3) is 3.29. The number of carboxylic acids is 1. The summed E-state index contributed by atoms with van der Waals surface area (Å²) in [6.45, 7) is 0.664. The fraction of sp³-hybridized carbons (Fsp3) is 0.444. The van der Waals surface area contributed by atoms with Crippen LogP contribution < -0.4 is 5.32 Å². The Bertz CT molecular complexity index is 1110. The fourth-order valence-electron chi connectivity index (χ4n) is 6.34. The van der Waals surface area contributed by atoms with Crippen molar-refractivity contribution in [3.05, 3.63) is 59.7 Å². The lowest BCUT2D eigenvalue weighted by Crippen LogP contribution is -2.55. The van der Waals surface area contributed by atoms with E-state index in [1.165, 1.54) is 0 Å². The van der Waals surface area contributed by atoms with Gasteiger partial charge in [-0.05, 0) is 53.4 Å². The number of rotatable bonds is 6. The molecule has 2 saturated heterocycles. The summed E-state index contributed by atoms with van der Waals surface area (Å²) in [6.07, 6.45) is 2.94. The lowest BCUT2D eigenvalue weighted by Gasteiger charge is -2.38. The molecule has 2 aliphatic heterocycles. The number of carbonyl (C=O) groups is 3. The van der Waals surface area contributed by atoms with Crippen LogP contribution in [0.25, 0.3) is 11.1 Å². The first-order valence-electron chi connectivity index (χ1n) is 12.2. The van der Waals surface area contributed by atoms with E-state index < -0.39 is 24.0 Å². The number of hydrogen-bond donors (Lipinski definition) is 2. The Morgan fingerprint density at radius 1 is 1.03 bits per heavy atom. The molecule has 176 valence electrons. The second kappa shape index (κ2) is 8.15. The average Bonchev–Trinajstić information content (AvgIpc) is 3.46. The molecule has 0 aromatic heterocycles. The molecular formula is C27H28N2O5. The van der Waals surface area contributed by atoms with Crippen molar-refractivity contribution in [1.29, 1.82) is 0 Å². The minimum absolute atomic E-state index is 0.0305. The number of alkyl carbamates (subject to hydrolysis) is 1. The van der Waals surface area contributed by atoms with Crippen molar-refractivity contribution >= 4 is 18.0 Å². The minimum Gasteiger partial charge on any atom is -0.481 e. The molecule has 3 aliphatic carbocycles. The van der Waals surface area contributed by atoms with Gasteiger partial charge in [-0.25, -0.2) is 4.79 Å². The van der Waals surface area contributed by atoms with Crippen LogP contribution in [-0.4, -0.2) is 53.2 Å². The van der Waals surface area contributed by atoms with Crippen LogP contribution in [-0.2, 0) is 14.3 Å². The van der Waals surface area contributed by atoms with Crippen molar-refractivity contribution in [3.63, 3.8) is 0 Å². The highest BCUT2D eigenvalue weighted by atomic mass is 16.5. The number of hydrogen-bond acceptors (Lipinski definition) is 4. The van der Waals surface area contributed by atoms with E-state index in [-0.39, 0.29) is 36.3 Å². The molecule has 7 rings (SSSR count). The van der Waals surface area contributed by atoms with E-state index in [0.29, 0.717) is 6.54 Å². The average molecular weight is 461 g/mol. The van der Waals surface area contributed by atoms with Crippen molar-refractivity contribution < 1.29 is 24.2 Å². The molecule has 7 nitrogen and oxygen atoms in total. The lowest BCUT2D eigenvalue weighted by atomic mass is 9.74. The van der Waals surface area contributed by atoms with Crippen LogP contribution in [0.1, 0.15) is 42.7 Å². The number of ether oxygens (including phenoxy) is 1. The molecular weight excluding hydrogens is 432 g/mol. The Morgan fingerprint density at radius 2 is 1.68 bits per heavy atom. The lowest BCUT2D eigenvalue weighted by molar-refractivity contribution is -0.149. The summed E-state index contributed by atoms with van der Waals surface area (Å²) in [5.41, 5.74) is 4.60. The summed E-state index contributed by atoms with van der Waals surface area (Å²) in [5, 5.41) is 12.3. The number of nitrogens with zero attached hydrogens (tertiary/aromatic N) is 1. The predicted molar refractivity (Wildman–Crippen MR) is 124 cm³/mol. The SMILES string of the molecule is O=C(NC(C(=O)N1CC2CC1C2C(=O)O)C1CCC1)OCC1c2ccccc2-c2ccccc21. The molecule has 4 atom stereocenters. The number of fused-ring (bicyclic) bond motifs is 4. The van der Waals surface area contributed by atoms with Gasteiger partial charge in [0.1, 0.15) is 12.6 Å². The quantitative estimate of drug-likeness (QED) is 0.686. The van der Waals surface area contributed by atoms with Gasteiger partial charge in [-0.2, -0.15) is 0 Å². The third-order valence-electron chi connectivity index (χ3n) is 8.37. The molecule has 2 heterocycles. The van der Waals surface area contributed by atoms with Gasteiger partial charge in [-0.15, -0.1) is 0 Å². The summed E-state index contributed by atoms with van der Waals surface area (Å²) in [6, 6.07) is 15.4. The summed E-state index contributed by atoms with van der Waals surface area (Å²) >= 11 is 0. The van der Waals surface area contributed by atoms with Gasteiger partial charge in [0.25, 0.3) is 0 Å². The molecule has 0 radical (unpaired) electrons. The van der Waals surface area contributed by atoms with E-state index in [2.05, 4.69) is 29.6 Å². The second-order valence-electron chi connectivity index (χ2n) is 10.1. The standard InChI is InChI=1S/C27H28N2O5/c30-25(29-13-16-12-22(29)23(16)26(31)32)24(15-6-5-7-15)28-27(33)34-14-21-19-10-3-1-8-17(19)18-9-2-4-11-20(18)21/h1-4,8-11,15-16,21-24H,5-7,12-14H2,(H,28,33)(H,31,32). The van der Waals surface area contributed by atoms with Gasteiger partial charge in [-0.3, -0.25) is 9.59 Å². The van der Waals surface area contributed by atoms with E-state index in [1.54, 1.807) is 4.90 Å². The largest absolute Gasteiger partial charge is 0.481 e. The van der Waals surface area contributed by atoms with Crippen LogP contribution in [0.4, 0.5) is 4.79 Å². The Balaban J connectivity index is 1.14. The maximum absolute atomic E-state index is 13.4. The Morgan fingerprint density at radius 3 is 2.24 bits per heavy atom. The van der Waals surface area contributed by atoms with Crippen LogP contribution >= 0.6 is 0 Å². The first-order valence-corrected chi connectivity index (χ1v) is 12.2. The zero-order chi connectivity index (χ0) is 23.4. The Hall–Kier alpha value is -3.35. The van der Waals surface area contributed by atoms with Gasteiger partial charge in [0.05, 0.1) is 5.92 Å². The maximum Gasteiger partial charge on any atom is 0.407 e. The van der Waals surface area contributed by atoms with Crippen molar-refractivity contribution in [2.75, 3.05) is 13.2 Å². The maximum atomic E-state index is 13.4. The van der Waals surface area contributed by atoms with Gasteiger partial charge < -0.3 is 20.1 Å². The van der Waals surface area contributed by atoms with Crippen LogP contribution in [0, 0.1) is 17.8 Å². The van der Waals surface area contributed by atoms with Gasteiger partial charge in [0.15, 0.2) is 0 Å². The second-order valence-corrected chi connectivity index (χ2v) is 10.1. The predicted octanol–water partition coefficient (Wildman–Crippen LogP) is 3.63. The van der Waals surface area contributed by atoms with Gasteiger partial charge >= 0.3 is 12.1 Å². The molecule has 4 unspecified atom stereocenters. The van der Waals surface area contributed by atoms with Crippen LogP contribution in [0.2, 0.25) is 0 Å². The third-order valence-corrected chi connectivity index (χ3v) is 8.37. The topological polar surface area (TPSA) is 95.9 Å². The molecule has 4 fully saturated rings. The first-order chi connectivity index (χ1) is 16.5. The van der Waals surface area contributed by atoms with Crippen molar-refractivity contribution in [3.8, 4) is 11.1 Å². The van der Waals surface area contributed by atoms with Gasteiger partial charge in [-0.1, -0.05) is 55.0 Å². The van der Waals surface area contributed by atoms with E-state index in [4.69, 9.17) is 4.74 Å². The molecule has 2 aromatic rings. The van der Waals surface area contributed by atoms with Crippen LogP contribution in [0.3, 0.4) is 0 Å². The Kier molecular flexibility index (Phi) is 5.08. The molecule has 34 heavy (non-hydrogen) atoms. The number of amides is 2. The monoisotopic (exact) mass is 460 g/mol. The smallest absolute Gasteiger partial charge is 0.407 e. The summed E-state index contributed by atoms with van der Waals surface area (Å²) in [7, 11) is 0. The summed E-state index contributed by atoms with van der Waals surface area (Å²) < 4.78 is 5.68. The molecule has 0 spiro atoms. The normalized spacial score (nSPS) is 25.5. The summed E-state index contributed by atoms with van der Waals surface area (Å²) in [4.78, 5) is 39.4. The Labute approximate surface area is 198 Å². The van der Waals surface area contributed by atoms with Crippen molar-refractivity contribution in [2.24, 2.45) is 17.8 Å². The number of aliphatic carboxylic acids is 1. The molecule has 5 aliphatic rings. The minimum atomic E-state index is -0.832. The van der Waals surface area contributed by atoms with Gasteiger partial charge in [0, 0.05) is 18.5 Å². The number of carboxylic acid groups (broad SMARTS) is 1. The van der Waals surface area contributed by atoms with Crippen LogP contribution in [0.15, 0.2) is 48.5 Å². The number of benzene rings is 2. The molecule has 2 N–H and O–H groups in total. The van der Waals surface area contributed by atoms with E-state index >= 15 is 0 Å². The molecule has 2 aromatic carbocycles.